The van der Waals surface area contributed by atoms with Gasteiger partial charge in [-0.15, -0.1) is 0 Å². The summed E-state index contributed by atoms with van der Waals surface area (Å²) in [6.45, 7) is 2.69. The Balaban J connectivity index is 2.63. The molecule has 1 N–H and O–H groups in total. The molecule has 1 atom stereocenters. The van der Waals surface area contributed by atoms with E-state index in [4.69, 9.17) is 27.9 Å². The fourth-order valence-corrected chi connectivity index (χ4v) is 1.46. The molecule has 0 spiro atoms. The number of hydrogen-bond acceptors (Lipinski definition) is 2. The molecule has 0 aromatic heterocycles. The van der Waals surface area contributed by atoms with Gasteiger partial charge in [-0.05, 0) is 25.1 Å². The first-order chi connectivity index (χ1) is 6.63. The molecule has 4 heteroatoms. The van der Waals surface area contributed by atoms with E-state index in [-0.39, 0.29) is 6.04 Å². The second-order valence-electron chi connectivity index (χ2n) is 3.13. The lowest BCUT2D eigenvalue weighted by Gasteiger charge is -2.14. The lowest BCUT2D eigenvalue weighted by molar-refractivity contribution is 0.190. The molecule has 0 radical (unpaired) electrons. The highest BCUT2D eigenvalue weighted by atomic mass is 35.5. The normalized spacial score (nSPS) is 12.6. The number of methoxy groups -OCH3 is 1. The molecule has 2 nitrogen and oxygen atoms in total. The molecule has 0 bridgehead atoms. The SMILES string of the molecule is COCC(C)Nc1ccc(Cl)c(Cl)c1. The Morgan fingerprint density at radius 3 is 2.64 bits per heavy atom. The largest absolute Gasteiger partial charge is 0.383 e. The number of benzene rings is 1. The molecule has 14 heavy (non-hydrogen) atoms. The van der Waals surface area contributed by atoms with E-state index >= 15 is 0 Å². The van der Waals surface area contributed by atoms with Gasteiger partial charge in [-0.25, -0.2) is 0 Å². The van der Waals surface area contributed by atoms with Crippen molar-refractivity contribution in [2.75, 3.05) is 19.0 Å². The summed E-state index contributed by atoms with van der Waals surface area (Å²) in [5.41, 5.74) is 0.948. The fourth-order valence-electron chi connectivity index (χ4n) is 1.16. The maximum absolute atomic E-state index is 5.87. The molecule has 0 saturated heterocycles. The summed E-state index contributed by atoms with van der Waals surface area (Å²) in [6.07, 6.45) is 0. The van der Waals surface area contributed by atoms with Crippen LogP contribution in [0.25, 0.3) is 0 Å². The zero-order chi connectivity index (χ0) is 10.6. The van der Waals surface area contributed by atoms with Gasteiger partial charge in [-0.1, -0.05) is 23.2 Å². The summed E-state index contributed by atoms with van der Waals surface area (Å²) in [5.74, 6) is 0. The number of nitrogens with one attached hydrogen (secondary N) is 1. The van der Waals surface area contributed by atoms with Crippen molar-refractivity contribution in [3.8, 4) is 0 Å². The second-order valence-corrected chi connectivity index (χ2v) is 3.94. The molecule has 78 valence electrons. The maximum Gasteiger partial charge on any atom is 0.0661 e. The summed E-state index contributed by atoms with van der Waals surface area (Å²) < 4.78 is 5.01. The highest BCUT2D eigenvalue weighted by molar-refractivity contribution is 6.42. The van der Waals surface area contributed by atoms with Crippen LogP contribution in [0.3, 0.4) is 0 Å². The third kappa shape index (κ3) is 3.37. The molecule has 0 fully saturated rings. The van der Waals surface area contributed by atoms with Gasteiger partial charge in [0, 0.05) is 18.8 Å². The predicted octanol–water partition coefficient (Wildman–Crippen LogP) is 3.44. The Kier molecular flexibility index (Phi) is 4.52. The van der Waals surface area contributed by atoms with Crippen molar-refractivity contribution in [1.82, 2.24) is 0 Å². The molecular weight excluding hydrogens is 221 g/mol. The summed E-state index contributed by atoms with van der Waals surface area (Å²) in [5, 5.41) is 4.37. The van der Waals surface area contributed by atoms with Gasteiger partial charge in [0.25, 0.3) is 0 Å². The standard InChI is InChI=1S/C10H13Cl2NO/c1-7(6-14-2)13-8-3-4-9(11)10(12)5-8/h3-5,7,13H,6H2,1-2H3. The monoisotopic (exact) mass is 233 g/mol. The van der Waals surface area contributed by atoms with E-state index in [9.17, 15) is 0 Å². The quantitative estimate of drug-likeness (QED) is 0.861. The molecule has 0 heterocycles. The van der Waals surface area contributed by atoms with Gasteiger partial charge in [0.2, 0.25) is 0 Å². The predicted molar refractivity (Wildman–Crippen MR) is 61.4 cm³/mol. The van der Waals surface area contributed by atoms with Gasteiger partial charge in [-0.2, -0.15) is 0 Å². The number of rotatable bonds is 4. The van der Waals surface area contributed by atoms with Crippen molar-refractivity contribution in [1.29, 1.82) is 0 Å². The van der Waals surface area contributed by atoms with Crippen LogP contribution in [0.15, 0.2) is 18.2 Å². The molecule has 0 aliphatic carbocycles. The maximum atomic E-state index is 5.87. The Bertz CT molecular complexity index is 304. The van der Waals surface area contributed by atoms with Gasteiger partial charge in [0.1, 0.15) is 0 Å². The van der Waals surface area contributed by atoms with E-state index in [2.05, 4.69) is 5.32 Å². The van der Waals surface area contributed by atoms with Crippen molar-refractivity contribution in [3.05, 3.63) is 28.2 Å². The number of anilines is 1. The summed E-state index contributed by atoms with van der Waals surface area (Å²) in [4.78, 5) is 0. The van der Waals surface area contributed by atoms with E-state index in [1.807, 2.05) is 13.0 Å². The van der Waals surface area contributed by atoms with Crippen molar-refractivity contribution in [2.45, 2.75) is 13.0 Å². The molecule has 1 aromatic rings. The molecule has 0 amide bonds. The van der Waals surface area contributed by atoms with Crippen LogP contribution in [0, 0.1) is 0 Å². The van der Waals surface area contributed by atoms with Crippen LogP contribution in [-0.2, 0) is 4.74 Å². The molecule has 1 aromatic carbocycles. The van der Waals surface area contributed by atoms with Gasteiger partial charge in [-0.3, -0.25) is 0 Å². The van der Waals surface area contributed by atoms with E-state index < -0.39 is 0 Å². The lowest BCUT2D eigenvalue weighted by Crippen LogP contribution is -2.20. The number of hydrogen-bond donors (Lipinski definition) is 1. The van der Waals surface area contributed by atoms with Crippen LogP contribution in [0.2, 0.25) is 10.0 Å². The van der Waals surface area contributed by atoms with Crippen LogP contribution in [0.1, 0.15) is 6.92 Å². The lowest BCUT2D eigenvalue weighted by atomic mass is 10.3. The van der Waals surface area contributed by atoms with Gasteiger partial charge < -0.3 is 10.1 Å². The first-order valence-corrected chi connectivity index (χ1v) is 5.09. The van der Waals surface area contributed by atoms with E-state index in [1.165, 1.54) is 0 Å². The fraction of sp³-hybridized carbons (Fsp3) is 0.400. The third-order valence-corrected chi connectivity index (χ3v) is 2.49. The molecule has 0 saturated carbocycles. The summed E-state index contributed by atoms with van der Waals surface area (Å²) >= 11 is 11.7. The molecule has 0 aliphatic heterocycles. The van der Waals surface area contributed by atoms with Crippen molar-refractivity contribution in [2.24, 2.45) is 0 Å². The third-order valence-electron chi connectivity index (χ3n) is 1.75. The topological polar surface area (TPSA) is 21.3 Å². The molecular formula is C10H13Cl2NO. The van der Waals surface area contributed by atoms with Gasteiger partial charge in [0.15, 0.2) is 0 Å². The highest BCUT2D eigenvalue weighted by Crippen LogP contribution is 2.25. The Hall–Kier alpha value is -0.440. The Labute approximate surface area is 94.2 Å². The number of halogens is 2. The van der Waals surface area contributed by atoms with Crippen molar-refractivity contribution < 1.29 is 4.74 Å². The minimum Gasteiger partial charge on any atom is -0.383 e. The second kappa shape index (κ2) is 5.44. The van der Waals surface area contributed by atoms with E-state index in [1.54, 1.807) is 19.2 Å². The average molecular weight is 234 g/mol. The highest BCUT2D eigenvalue weighted by Gasteiger charge is 2.03. The van der Waals surface area contributed by atoms with Crippen LogP contribution in [0.4, 0.5) is 5.69 Å². The summed E-state index contributed by atoms with van der Waals surface area (Å²) in [6, 6.07) is 5.71. The first kappa shape index (κ1) is 11.6. The van der Waals surface area contributed by atoms with E-state index in [0.29, 0.717) is 16.7 Å². The minimum atomic E-state index is 0.247. The zero-order valence-corrected chi connectivity index (χ0v) is 9.69. The van der Waals surface area contributed by atoms with Crippen LogP contribution >= 0.6 is 23.2 Å². The van der Waals surface area contributed by atoms with Crippen LogP contribution in [-0.4, -0.2) is 19.8 Å². The van der Waals surface area contributed by atoms with Gasteiger partial charge >= 0.3 is 0 Å². The molecule has 0 aliphatic rings. The van der Waals surface area contributed by atoms with E-state index in [0.717, 1.165) is 5.69 Å². The van der Waals surface area contributed by atoms with Crippen LogP contribution in [0.5, 0.6) is 0 Å². The van der Waals surface area contributed by atoms with Crippen molar-refractivity contribution in [3.63, 3.8) is 0 Å². The van der Waals surface area contributed by atoms with Gasteiger partial charge in [0.05, 0.1) is 16.7 Å². The molecule has 1 rings (SSSR count). The minimum absolute atomic E-state index is 0.247. The Morgan fingerprint density at radius 1 is 1.36 bits per heavy atom. The molecule has 1 unspecified atom stereocenters. The van der Waals surface area contributed by atoms with Crippen molar-refractivity contribution >= 4 is 28.9 Å². The summed E-state index contributed by atoms with van der Waals surface area (Å²) in [7, 11) is 1.67. The average Bonchev–Trinajstić information content (AvgIpc) is 2.12. The number of ether oxygens (including phenoxy) is 1. The first-order valence-electron chi connectivity index (χ1n) is 4.34. The zero-order valence-electron chi connectivity index (χ0n) is 8.18. The smallest absolute Gasteiger partial charge is 0.0661 e. The Morgan fingerprint density at radius 2 is 2.07 bits per heavy atom. The van der Waals surface area contributed by atoms with Crippen LogP contribution < -0.4 is 5.32 Å².